The fraction of sp³-hybridized carbons (Fsp3) is 0.517. The zero-order valence-corrected chi connectivity index (χ0v) is 23.7. The highest BCUT2D eigenvalue weighted by atomic mass is 16.5. The standard InChI is InChI=1S/C24H33N3O4.C5H9NO/c1-16-8-11-21(29)27(7)15-20(28)25-12-13-31-19-14-17(24(5,6)23(2,3)4)9-10-18(19)22(30)26-16;1-4(7)6-5-2-3-5/h8-11,14H,1,12-13,15H2,2-7H3,(H,25,28)(H,26,30);5H,2-3H2,1H3,(H,6,7)/b11-8+;. The van der Waals surface area contributed by atoms with Gasteiger partial charge in [0.1, 0.15) is 12.4 Å². The summed E-state index contributed by atoms with van der Waals surface area (Å²) in [4.78, 5) is 48.5. The molecule has 4 amide bonds. The molecule has 1 aliphatic heterocycles. The third-order valence-corrected chi connectivity index (χ3v) is 6.95. The fourth-order valence-corrected chi connectivity index (χ4v) is 3.42. The number of nitrogens with zero attached hydrogens (tertiary/aromatic N) is 1. The third-order valence-electron chi connectivity index (χ3n) is 6.95. The van der Waals surface area contributed by atoms with Crippen molar-refractivity contribution in [1.82, 2.24) is 20.9 Å². The zero-order chi connectivity index (χ0) is 28.7. The van der Waals surface area contributed by atoms with Crippen molar-refractivity contribution in [1.29, 1.82) is 0 Å². The van der Waals surface area contributed by atoms with Crippen LogP contribution in [-0.4, -0.2) is 61.3 Å². The van der Waals surface area contributed by atoms with Crippen molar-refractivity contribution < 1.29 is 23.9 Å². The molecule has 2 aliphatic rings. The predicted molar refractivity (Wildman–Crippen MR) is 148 cm³/mol. The van der Waals surface area contributed by atoms with E-state index in [2.05, 4.69) is 57.1 Å². The Morgan fingerprint density at radius 3 is 2.32 bits per heavy atom. The lowest BCUT2D eigenvalue weighted by atomic mass is 9.65. The molecule has 9 heteroatoms. The summed E-state index contributed by atoms with van der Waals surface area (Å²) in [7, 11) is 1.52. The number of likely N-dealkylation sites (N-methyl/N-ethyl adjacent to an activating group) is 1. The van der Waals surface area contributed by atoms with Gasteiger partial charge in [0.05, 0.1) is 18.7 Å². The summed E-state index contributed by atoms with van der Waals surface area (Å²) >= 11 is 0. The van der Waals surface area contributed by atoms with Gasteiger partial charge in [0, 0.05) is 31.8 Å². The van der Waals surface area contributed by atoms with Crippen LogP contribution in [0.3, 0.4) is 0 Å². The summed E-state index contributed by atoms with van der Waals surface area (Å²) in [5.74, 6) is -0.516. The monoisotopic (exact) mass is 526 g/mol. The average Bonchev–Trinajstić information content (AvgIpc) is 3.62. The lowest BCUT2D eigenvalue weighted by Crippen LogP contribution is -2.39. The van der Waals surface area contributed by atoms with E-state index in [9.17, 15) is 19.2 Å². The molecule has 0 atom stereocenters. The normalized spacial score (nSPS) is 18.3. The minimum Gasteiger partial charge on any atom is -0.491 e. The van der Waals surface area contributed by atoms with E-state index in [1.54, 1.807) is 13.0 Å². The second-order valence-corrected chi connectivity index (χ2v) is 11.3. The SMILES string of the molecule is C=C1/C=C/C(=O)N(C)CC(=O)NCCOc2cc(C(C)(C)C(C)(C)C)ccc2C(=O)N1.CC(=O)NC1CC1. The Morgan fingerprint density at radius 2 is 1.76 bits per heavy atom. The summed E-state index contributed by atoms with van der Waals surface area (Å²) in [5, 5.41) is 8.19. The number of fused-ring (bicyclic) bond motifs is 1. The first-order chi connectivity index (χ1) is 17.6. The van der Waals surface area contributed by atoms with Crippen LogP contribution in [0.4, 0.5) is 0 Å². The van der Waals surface area contributed by atoms with Gasteiger partial charge in [0.25, 0.3) is 5.91 Å². The largest absolute Gasteiger partial charge is 0.491 e. The van der Waals surface area contributed by atoms with Crippen LogP contribution in [0.2, 0.25) is 0 Å². The lowest BCUT2D eigenvalue weighted by molar-refractivity contribution is -0.131. The van der Waals surface area contributed by atoms with Gasteiger partial charge in [-0.25, -0.2) is 0 Å². The maximum atomic E-state index is 12.9. The number of carbonyl (C=O) groups is 4. The van der Waals surface area contributed by atoms with Crippen LogP contribution in [0, 0.1) is 5.41 Å². The summed E-state index contributed by atoms with van der Waals surface area (Å²) in [6, 6.07) is 6.08. The quantitative estimate of drug-likeness (QED) is 0.548. The van der Waals surface area contributed by atoms with Crippen molar-refractivity contribution in [2.75, 3.05) is 26.7 Å². The highest BCUT2D eigenvalue weighted by Gasteiger charge is 2.35. The molecule has 0 spiro atoms. The van der Waals surface area contributed by atoms with E-state index in [4.69, 9.17) is 4.74 Å². The van der Waals surface area contributed by atoms with Crippen LogP contribution in [0.15, 0.2) is 42.6 Å². The van der Waals surface area contributed by atoms with E-state index in [1.165, 1.54) is 36.9 Å². The second kappa shape index (κ2) is 12.8. The number of amides is 4. The second-order valence-electron chi connectivity index (χ2n) is 11.3. The molecule has 0 saturated heterocycles. The van der Waals surface area contributed by atoms with Crippen LogP contribution < -0.4 is 20.7 Å². The molecule has 1 fully saturated rings. The van der Waals surface area contributed by atoms with Gasteiger partial charge in [-0.3, -0.25) is 19.2 Å². The van der Waals surface area contributed by atoms with Crippen molar-refractivity contribution in [3.05, 3.63) is 53.8 Å². The van der Waals surface area contributed by atoms with Gasteiger partial charge in [-0.15, -0.1) is 0 Å². The number of hydrogen-bond donors (Lipinski definition) is 3. The van der Waals surface area contributed by atoms with Gasteiger partial charge in [-0.2, -0.15) is 0 Å². The Balaban J connectivity index is 0.000000624. The van der Waals surface area contributed by atoms with Gasteiger partial charge in [-0.05, 0) is 47.4 Å². The minimum absolute atomic E-state index is 0.0189. The van der Waals surface area contributed by atoms with Crippen LogP contribution in [0.25, 0.3) is 0 Å². The van der Waals surface area contributed by atoms with Crippen LogP contribution in [-0.2, 0) is 19.8 Å². The molecular weight excluding hydrogens is 484 g/mol. The molecule has 1 aromatic carbocycles. The van der Waals surface area contributed by atoms with Crippen LogP contribution >= 0.6 is 0 Å². The number of benzene rings is 1. The average molecular weight is 527 g/mol. The smallest absolute Gasteiger partial charge is 0.259 e. The molecular formula is C29H42N4O5. The summed E-state index contributed by atoms with van der Waals surface area (Å²) in [6.45, 7) is 16.5. The molecule has 0 aromatic heterocycles. The van der Waals surface area contributed by atoms with E-state index in [1.807, 2.05) is 12.1 Å². The van der Waals surface area contributed by atoms with Crippen molar-refractivity contribution in [3.63, 3.8) is 0 Å². The van der Waals surface area contributed by atoms with Gasteiger partial charge in [-0.1, -0.05) is 47.3 Å². The number of hydrogen-bond acceptors (Lipinski definition) is 5. The first kappa shape index (κ1) is 30.6. The maximum absolute atomic E-state index is 12.9. The van der Waals surface area contributed by atoms with E-state index >= 15 is 0 Å². The Labute approximate surface area is 226 Å². The fourth-order valence-electron chi connectivity index (χ4n) is 3.42. The van der Waals surface area contributed by atoms with E-state index in [0.717, 1.165) is 5.56 Å². The van der Waals surface area contributed by atoms with Gasteiger partial charge in [0.2, 0.25) is 17.7 Å². The molecule has 0 radical (unpaired) electrons. The van der Waals surface area contributed by atoms with E-state index in [0.29, 0.717) is 17.4 Å². The Bertz CT molecular complexity index is 1100. The minimum atomic E-state index is -0.385. The lowest BCUT2D eigenvalue weighted by Gasteiger charge is -2.39. The molecule has 38 heavy (non-hydrogen) atoms. The van der Waals surface area contributed by atoms with Gasteiger partial charge >= 0.3 is 0 Å². The number of nitrogens with one attached hydrogen (secondary N) is 3. The molecule has 1 aliphatic carbocycles. The summed E-state index contributed by atoms with van der Waals surface area (Å²) in [6.07, 6.45) is 5.03. The number of ether oxygens (including phenoxy) is 1. The number of allylic oxidation sites excluding steroid dienone is 1. The van der Waals surface area contributed by atoms with E-state index < -0.39 is 0 Å². The van der Waals surface area contributed by atoms with Gasteiger partial charge < -0.3 is 25.6 Å². The van der Waals surface area contributed by atoms with Crippen molar-refractivity contribution in [2.24, 2.45) is 5.41 Å². The Hall–Kier alpha value is -3.62. The molecule has 0 bridgehead atoms. The topological polar surface area (TPSA) is 117 Å². The third kappa shape index (κ3) is 9.04. The molecule has 1 heterocycles. The van der Waals surface area contributed by atoms with Crippen molar-refractivity contribution >= 4 is 23.6 Å². The molecule has 3 N–H and O–H groups in total. The Morgan fingerprint density at radius 1 is 1.11 bits per heavy atom. The maximum Gasteiger partial charge on any atom is 0.259 e. The highest BCUT2D eigenvalue weighted by molar-refractivity contribution is 5.98. The predicted octanol–water partition coefficient (Wildman–Crippen LogP) is 3.06. The molecule has 3 rings (SSSR count). The summed E-state index contributed by atoms with van der Waals surface area (Å²) in [5.41, 5.74) is 1.46. The highest BCUT2D eigenvalue weighted by Crippen LogP contribution is 2.42. The molecule has 208 valence electrons. The van der Waals surface area contributed by atoms with Crippen LogP contribution in [0.5, 0.6) is 5.75 Å². The Kier molecular flexibility index (Phi) is 10.3. The first-order valence-electron chi connectivity index (χ1n) is 12.9. The summed E-state index contributed by atoms with van der Waals surface area (Å²) < 4.78 is 5.91. The molecule has 1 aromatic rings. The molecule has 9 nitrogen and oxygen atoms in total. The van der Waals surface area contributed by atoms with Gasteiger partial charge in [0.15, 0.2) is 0 Å². The molecule has 1 saturated carbocycles. The van der Waals surface area contributed by atoms with Crippen molar-refractivity contribution in [2.45, 2.75) is 65.8 Å². The van der Waals surface area contributed by atoms with E-state index in [-0.39, 0.29) is 59.9 Å². The number of rotatable bonds is 2. The van der Waals surface area contributed by atoms with Crippen LogP contribution in [0.1, 0.15) is 70.3 Å². The zero-order valence-electron chi connectivity index (χ0n) is 23.7. The first-order valence-corrected chi connectivity index (χ1v) is 12.9. The number of carbonyl (C=O) groups excluding carboxylic acids is 4. The molecule has 0 unspecified atom stereocenters. The van der Waals surface area contributed by atoms with Crippen molar-refractivity contribution in [3.8, 4) is 5.75 Å².